The number of halogens is 6. The molecular formula is C23H20Cl3F3O3. The molecule has 0 radical (unpaired) electrons. The second-order valence-electron chi connectivity index (χ2n) is 7.32. The van der Waals surface area contributed by atoms with Gasteiger partial charge in [-0.3, -0.25) is 9.59 Å². The topological polar surface area (TPSA) is 43.4 Å². The Balaban J connectivity index is 2.58. The fourth-order valence-electron chi connectivity index (χ4n) is 3.98. The SMILES string of the molecule is CO[C@](CC(C)C(C(=O)Cl)c1ccc(Cl)cc1)(C(=O)Cl)C1=CCC(=CF)C(=CF)C1=CF. The summed E-state index contributed by atoms with van der Waals surface area (Å²) in [5.41, 5.74) is -2.35. The number of carbonyl (C=O) groups is 2. The third-order valence-corrected chi connectivity index (χ3v) is 6.35. The molecule has 0 saturated heterocycles. The number of hydrogen-bond acceptors (Lipinski definition) is 3. The highest BCUT2D eigenvalue weighted by Gasteiger charge is 2.47. The molecule has 0 bridgehead atoms. The third-order valence-electron chi connectivity index (χ3n) is 5.56. The second kappa shape index (κ2) is 11.3. The maximum absolute atomic E-state index is 13.9. The molecule has 1 aromatic carbocycles. The molecule has 32 heavy (non-hydrogen) atoms. The van der Waals surface area contributed by atoms with Gasteiger partial charge in [0.1, 0.15) is 0 Å². The predicted octanol–water partition coefficient (Wildman–Crippen LogP) is 7.26. The molecule has 2 rings (SSSR count). The van der Waals surface area contributed by atoms with Gasteiger partial charge in [0, 0.05) is 23.3 Å². The summed E-state index contributed by atoms with van der Waals surface area (Å²) in [5, 5.41) is -1.25. The molecule has 0 N–H and O–H groups in total. The van der Waals surface area contributed by atoms with Crippen molar-refractivity contribution < 1.29 is 27.5 Å². The Morgan fingerprint density at radius 1 is 1.09 bits per heavy atom. The number of ether oxygens (including phenoxy) is 1. The summed E-state index contributed by atoms with van der Waals surface area (Å²) in [7, 11) is 1.18. The Morgan fingerprint density at radius 2 is 1.69 bits per heavy atom. The minimum Gasteiger partial charge on any atom is -0.364 e. The molecule has 0 fully saturated rings. The van der Waals surface area contributed by atoms with Crippen molar-refractivity contribution >= 4 is 45.3 Å². The first-order chi connectivity index (χ1) is 15.2. The van der Waals surface area contributed by atoms with Crippen molar-refractivity contribution in [3.63, 3.8) is 0 Å². The first-order valence-electron chi connectivity index (χ1n) is 9.48. The van der Waals surface area contributed by atoms with E-state index in [0.29, 0.717) is 10.6 Å². The summed E-state index contributed by atoms with van der Waals surface area (Å²) < 4.78 is 46.1. The van der Waals surface area contributed by atoms with E-state index in [1.807, 2.05) is 0 Å². The molecule has 0 spiro atoms. The van der Waals surface area contributed by atoms with Crippen LogP contribution in [0.1, 0.15) is 31.2 Å². The van der Waals surface area contributed by atoms with Crippen molar-refractivity contribution in [3.05, 3.63) is 82.2 Å². The zero-order valence-electron chi connectivity index (χ0n) is 17.2. The average molecular weight is 508 g/mol. The lowest BCUT2D eigenvalue weighted by Gasteiger charge is -2.38. The number of carbonyl (C=O) groups excluding carboxylic acids is 2. The highest BCUT2D eigenvalue weighted by molar-refractivity contribution is 6.66. The smallest absolute Gasteiger partial charge is 0.258 e. The molecule has 172 valence electrons. The van der Waals surface area contributed by atoms with Crippen LogP contribution in [0.3, 0.4) is 0 Å². The van der Waals surface area contributed by atoms with Gasteiger partial charge in [-0.2, -0.15) is 0 Å². The van der Waals surface area contributed by atoms with E-state index in [9.17, 15) is 22.8 Å². The Hall–Kier alpha value is -1.86. The van der Waals surface area contributed by atoms with Gasteiger partial charge in [0.15, 0.2) is 5.60 Å². The molecule has 3 atom stereocenters. The Bertz CT molecular complexity index is 999. The van der Waals surface area contributed by atoms with E-state index in [2.05, 4.69) is 0 Å². The second-order valence-corrected chi connectivity index (χ2v) is 8.47. The molecule has 1 aromatic rings. The van der Waals surface area contributed by atoms with Crippen molar-refractivity contribution in [1.82, 2.24) is 0 Å². The molecule has 2 unspecified atom stereocenters. The zero-order chi connectivity index (χ0) is 24.1. The van der Waals surface area contributed by atoms with E-state index in [0.717, 1.165) is 0 Å². The van der Waals surface area contributed by atoms with Crippen LogP contribution in [0.4, 0.5) is 13.2 Å². The van der Waals surface area contributed by atoms with Gasteiger partial charge in [0.05, 0.1) is 24.9 Å². The number of allylic oxidation sites excluding steroid dienone is 3. The first kappa shape index (κ1) is 26.4. The molecule has 0 heterocycles. The van der Waals surface area contributed by atoms with Crippen LogP contribution in [0, 0.1) is 5.92 Å². The van der Waals surface area contributed by atoms with Crippen LogP contribution < -0.4 is 0 Å². The van der Waals surface area contributed by atoms with Crippen molar-refractivity contribution in [2.45, 2.75) is 31.3 Å². The molecule has 0 aromatic heterocycles. The van der Waals surface area contributed by atoms with E-state index < -0.39 is 27.9 Å². The number of methoxy groups -OCH3 is 1. The third kappa shape index (κ3) is 5.20. The van der Waals surface area contributed by atoms with Gasteiger partial charge in [-0.1, -0.05) is 36.7 Å². The van der Waals surface area contributed by atoms with Crippen LogP contribution in [-0.4, -0.2) is 23.2 Å². The fourth-order valence-corrected chi connectivity index (χ4v) is 4.70. The monoisotopic (exact) mass is 506 g/mol. The lowest BCUT2D eigenvalue weighted by atomic mass is 9.72. The summed E-state index contributed by atoms with van der Waals surface area (Å²) in [6.45, 7) is 1.65. The number of hydrogen-bond donors (Lipinski definition) is 0. The Labute approximate surface area is 199 Å². The van der Waals surface area contributed by atoms with E-state index in [-0.39, 0.29) is 54.1 Å². The summed E-state index contributed by atoms with van der Waals surface area (Å²) in [6.07, 6.45) is 1.28. The van der Waals surface area contributed by atoms with Gasteiger partial charge in [-0.25, -0.2) is 13.2 Å². The minimum absolute atomic E-state index is 0.0468. The van der Waals surface area contributed by atoms with Gasteiger partial charge in [0.2, 0.25) is 5.24 Å². The largest absolute Gasteiger partial charge is 0.364 e. The maximum Gasteiger partial charge on any atom is 0.258 e. The molecule has 9 heteroatoms. The van der Waals surface area contributed by atoms with E-state index in [1.165, 1.54) is 13.2 Å². The number of rotatable bonds is 8. The molecule has 1 aliphatic rings. The molecule has 1 aliphatic carbocycles. The van der Waals surface area contributed by atoms with Gasteiger partial charge >= 0.3 is 0 Å². The van der Waals surface area contributed by atoms with Crippen LogP contribution in [0.25, 0.3) is 0 Å². The standard InChI is InChI=1S/C23H20Cl3F3O3/c1-13(20(21(25)30)14-3-6-16(24)7-4-14)9-23(32-2,22(26)31)19-8-5-15(10-27)17(11-28)18(19)12-29/h3-4,6-8,10-13,20H,5,9H2,1-2H3/t13?,20?,23-/m0/s1. The van der Waals surface area contributed by atoms with Crippen LogP contribution in [0.5, 0.6) is 0 Å². The van der Waals surface area contributed by atoms with Crippen molar-refractivity contribution in [2.24, 2.45) is 5.92 Å². The van der Waals surface area contributed by atoms with Crippen molar-refractivity contribution in [1.29, 1.82) is 0 Å². The van der Waals surface area contributed by atoms with Crippen LogP contribution in [0.2, 0.25) is 5.02 Å². The number of benzene rings is 1. The maximum atomic E-state index is 13.9. The zero-order valence-corrected chi connectivity index (χ0v) is 19.4. The summed E-state index contributed by atoms with van der Waals surface area (Å²) in [5.74, 6) is -1.51. The lowest BCUT2D eigenvalue weighted by molar-refractivity contribution is -0.130. The van der Waals surface area contributed by atoms with Gasteiger partial charge in [0.25, 0.3) is 5.24 Å². The highest BCUT2D eigenvalue weighted by Crippen LogP contribution is 2.46. The molecule has 0 saturated carbocycles. The lowest BCUT2D eigenvalue weighted by Crippen LogP contribution is -2.44. The van der Waals surface area contributed by atoms with E-state index in [4.69, 9.17) is 39.5 Å². The first-order valence-corrected chi connectivity index (χ1v) is 10.6. The molecular weight excluding hydrogens is 488 g/mol. The molecule has 3 nitrogen and oxygen atoms in total. The van der Waals surface area contributed by atoms with Crippen molar-refractivity contribution in [3.8, 4) is 0 Å². The highest BCUT2D eigenvalue weighted by atomic mass is 35.5. The minimum atomic E-state index is -1.95. The predicted molar refractivity (Wildman–Crippen MR) is 120 cm³/mol. The Morgan fingerprint density at radius 3 is 2.12 bits per heavy atom. The quantitative estimate of drug-likeness (QED) is 0.348. The molecule has 0 amide bonds. The van der Waals surface area contributed by atoms with E-state index in [1.54, 1.807) is 31.2 Å². The summed E-state index contributed by atoms with van der Waals surface area (Å²) in [6, 6.07) is 6.42. The normalized spacial score (nSPS) is 21.9. The van der Waals surface area contributed by atoms with Crippen molar-refractivity contribution in [2.75, 3.05) is 7.11 Å². The molecule has 0 aliphatic heterocycles. The Kier molecular flexibility index (Phi) is 9.34. The fraction of sp³-hybridized carbons (Fsp3) is 0.304. The van der Waals surface area contributed by atoms with Gasteiger partial charge in [-0.15, -0.1) is 0 Å². The summed E-state index contributed by atoms with van der Waals surface area (Å²) in [4.78, 5) is 24.9. The van der Waals surface area contributed by atoms with Gasteiger partial charge in [-0.05, 0) is 70.8 Å². The van der Waals surface area contributed by atoms with Gasteiger partial charge < -0.3 is 4.74 Å². The van der Waals surface area contributed by atoms with Crippen LogP contribution in [-0.2, 0) is 14.3 Å². The average Bonchev–Trinajstić information content (AvgIpc) is 2.77. The van der Waals surface area contributed by atoms with E-state index >= 15 is 0 Å². The summed E-state index contributed by atoms with van der Waals surface area (Å²) >= 11 is 17.7. The van der Waals surface area contributed by atoms with Crippen LogP contribution >= 0.6 is 34.8 Å². The van der Waals surface area contributed by atoms with Crippen LogP contribution in [0.15, 0.2) is 71.6 Å².